The van der Waals surface area contributed by atoms with Crippen LogP contribution < -0.4 is 16.4 Å². The summed E-state index contributed by atoms with van der Waals surface area (Å²) < 4.78 is 0. The molecule has 0 aliphatic rings. The van der Waals surface area contributed by atoms with Crippen LogP contribution in [0.4, 0.5) is 4.79 Å². The number of hydrogen-bond donors (Lipinski definition) is 3. The molecule has 4 N–H and O–H groups in total. The van der Waals surface area contributed by atoms with E-state index < -0.39 is 12.1 Å². The van der Waals surface area contributed by atoms with Gasteiger partial charge in [0.15, 0.2) is 0 Å². The maximum absolute atomic E-state index is 11.9. The van der Waals surface area contributed by atoms with E-state index in [0.717, 1.165) is 12.0 Å². The number of amides is 3. The predicted molar refractivity (Wildman–Crippen MR) is 74.5 cm³/mol. The van der Waals surface area contributed by atoms with E-state index in [0.29, 0.717) is 0 Å². The summed E-state index contributed by atoms with van der Waals surface area (Å²) >= 11 is 0. The molecule has 0 spiro atoms. The van der Waals surface area contributed by atoms with Crippen molar-refractivity contribution < 1.29 is 9.59 Å². The van der Waals surface area contributed by atoms with E-state index in [9.17, 15) is 9.59 Å². The quantitative estimate of drug-likeness (QED) is 0.754. The smallest absolute Gasteiger partial charge is 0.312 e. The zero-order valence-electron chi connectivity index (χ0n) is 11.6. The zero-order chi connectivity index (χ0) is 14.4. The Morgan fingerprint density at radius 1 is 1.21 bits per heavy atom. The normalized spacial score (nSPS) is 13.4. The molecule has 0 aromatic heterocycles. The molecule has 1 rings (SSSR count). The Morgan fingerprint density at radius 3 is 2.26 bits per heavy atom. The number of nitrogens with two attached hydrogens (primary N) is 1. The fourth-order valence-corrected chi connectivity index (χ4v) is 1.80. The van der Waals surface area contributed by atoms with Crippen molar-refractivity contribution in [2.24, 2.45) is 5.73 Å². The highest BCUT2D eigenvalue weighted by atomic mass is 16.2. The first kappa shape index (κ1) is 15.0. The first-order chi connectivity index (χ1) is 8.93. The van der Waals surface area contributed by atoms with Gasteiger partial charge in [0.25, 0.3) is 0 Å². The Morgan fingerprint density at radius 2 is 1.79 bits per heavy atom. The van der Waals surface area contributed by atoms with Gasteiger partial charge in [-0.15, -0.1) is 0 Å². The van der Waals surface area contributed by atoms with Crippen molar-refractivity contribution >= 4 is 11.9 Å². The lowest BCUT2D eigenvalue weighted by Crippen LogP contribution is -2.47. The highest BCUT2D eigenvalue weighted by Gasteiger charge is 2.18. The molecule has 0 radical (unpaired) electrons. The standard InChI is InChI=1S/C14H21N3O2/c1-4-12(11-7-5-9(2)6-8-11)17-13(18)10(3)16-14(15)19/h5-8,10,12H,4H2,1-3H3,(H,17,18)(H3,15,16,19). The van der Waals surface area contributed by atoms with Gasteiger partial charge in [0, 0.05) is 0 Å². The molecule has 0 fully saturated rings. The van der Waals surface area contributed by atoms with Crippen LogP contribution in [-0.2, 0) is 4.79 Å². The van der Waals surface area contributed by atoms with Gasteiger partial charge < -0.3 is 16.4 Å². The zero-order valence-corrected chi connectivity index (χ0v) is 11.6. The summed E-state index contributed by atoms with van der Waals surface area (Å²) in [5.41, 5.74) is 7.22. The van der Waals surface area contributed by atoms with E-state index in [4.69, 9.17) is 5.73 Å². The van der Waals surface area contributed by atoms with Gasteiger partial charge in [0.2, 0.25) is 5.91 Å². The summed E-state index contributed by atoms with van der Waals surface area (Å²) in [6.07, 6.45) is 0.776. The molecule has 0 bridgehead atoms. The monoisotopic (exact) mass is 263 g/mol. The maximum Gasteiger partial charge on any atom is 0.312 e. The summed E-state index contributed by atoms with van der Waals surface area (Å²) in [6, 6.07) is 6.60. The van der Waals surface area contributed by atoms with Crippen molar-refractivity contribution in [3.05, 3.63) is 35.4 Å². The van der Waals surface area contributed by atoms with Gasteiger partial charge in [0.05, 0.1) is 6.04 Å². The number of carbonyl (C=O) groups is 2. The van der Waals surface area contributed by atoms with E-state index in [1.165, 1.54) is 5.56 Å². The highest BCUT2D eigenvalue weighted by molar-refractivity contribution is 5.86. The number of primary amides is 1. The van der Waals surface area contributed by atoms with E-state index in [-0.39, 0.29) is 11.9 Å². The molecule has 1 aromatic carbocycles. The fourth-order valence-electron chi connectivity index (χ4n) is 1.80. The highest BCUT2D eigenvalue weighted by Crippen LogP contribution is 2.17. The molecule has 19 heavy (non-hydrogen) atoms. The van der Waals surface area contributed by atoms with Crippen LogP contribution in [0.5, 0.6) is 0 Å². The van der Waals surface area contributed by atoms with Crippen LogP contribution in [0.2, 0.25) is 0 Å². The molecule has 1 aromatic rings. The first-order valence-corrected chi connectivity index (χ1v) is 6.37. The van der Waals surface area contributed by atoms with Crippen LogP contribution in [0, 0.1) is 6.92 Å². The first-order valence-electron chi connectivity index (χ1n) is 6.37. The van der Waals surface area contributed by atoms with Crippen LogP contribution in [0.25, 0.3) is 0 Å². The van der Waals surface area contributed by atoms with Gasteiger partial charge in [0.1, 0.15) is 6.04 Å². The van der Waals surface area contributed by atoms with Gasteiger partial charge in [-0.3, -0.25) is 4.79 Å². The summed E-state index contributed by atoms with van der Waals surface area (Å²) in [5.74, 6) is -0.244. The van der Waals surface area contributed by atoms with Gasteiger partial charge in [-0.25, -0.2) is 4.79 Å². The summed E-state index contributed by atoms with van der Waals surface area (Å²) in [7, 11) is 0. The van der Waals surface area contributed by atoms with Gasteiger partial charge in [-0.05, 0) is 25.8 Å². The Kier molecular flexibility index (Phi) is 5.36. The molecular formula is C14H21N3O2. The number of hydrogen-bond acceptors (Lipinski definition) is 2. The second-order valence-electron chi connectivity index (χ2n) is 4.61. The lowest BCUT2D eigenvalue weighted by Gasteiger charge is -2.20. The average molecular weight is 263 g/mol. The number of urea groups is 1. The second kappa shape index (κ2) is 6.78. The van der Waals surface area contributed by atoms with Crippen molar-refractivity contribution in [3.8, 4) is 0 Å². The van der Waals surface area contributed by atoms with E-state index in [2.05, 4.69) is 10.6 Å². The van der Waals surface area contributed by atoms with Gasteiger partial charge in [-0.1, -0.05) is 36.8 Å². The summed E-state index contributed by atoms with van der Waals surface area (Å²) in [6.45, 7) is 5.61. The number of rotatable bonds is 5. The molecule has 5 nitrogen and oxygen atoms in total. The number of nitrogens with one attached hydrogen (secondary N) is 2. The molecule has 0 aliphatic carbocycles. The van der Waals surface area contributed by atoms with Crippen LogP contribution in [0.3, 0.4) is 0 Å². The molecule has 2 atom stereocenters. The van der Waals surface area contributed by atoms with E-state index in [1.54, 1.807) is 6.92 Å². The van der Waals surface area contributed by atoms with Crippen molar-refractivity contribution in [1.82, 2.24) is 10.6 Å². The Hall–Kier alpha value is -2.04. The molecule has 5 heteroatoms. The van der Waals surface area contributed by atoms with Crippen LogP contribution in [0.15, 0.2) is 24.3 Å². The van der Waals surface area contributed by atoms with Crippen molar-refractivity contribution in [3.63, 3.8) is 0 Å². The number of aryl methyl sites for hydroxylation is 1. The number of benzene rings is 1. The third-order valence-corrected chi connectivity index (χ3v) is 2.96. The molecule has 0 saturated heterocycles. The van der Waals surface area contributed by atoms with E-state index in [1.807, 2.05) is 38.1 Å². The lowest BCUT2D eigenvalue weighted by atomic mass is 10.0. The van der Waals surface area contributed by atoms with Crippen molar-refractivity contribution in [2.45, 2.75) is 39.3 Å². The van der Waals surface area contributed by atoms with Crippen molar-refractivity contribution in [2.75, 3.05) is 0 Å². The Labute approximate surface area is 113 Å². The third kappa shape index (κ3) is 4.62. The maximum atomic E-state index is 11.9. The van der Waals surface area contributed by atoms with Gasteiger partial charge >= 0.3 is 6.03 Å². The fraction of sp³-hybridized carbons (Fsp3) is 0.429. The summed E-state index contributed by atoms with van der Waals surface area (Å²) in [4.78, 5) is 22.6. The topological polar surface area (TPSA) is 84.2 Å². The van der Waals surface area contributed by atoms with Crippen molar-refractivity contribution in [1.29, 1.82) is 0 Å². The molecule has 0 aliphatic heterocycles. The molecular weight excluding hydrogens is 242 g/mol. The summed E-state index contributed by atoms with van der Waals surface area (Å²) in [5, 5.41) is 5.26. The predicted octanol–water partition coefficient (Wildman–Crippen LogP) is 1.62. The Bertz CT molecular complexity index is 443. The molecule has 0 saturated carbocycles. The van der Waals surface area contributed by atoms with Gasteiger partial charge in [-0.2, -0.15) is 0 Å². The molecule has 0 heterocycles. The SMILES string of the molecule is CCC(NC(=O)C(C)NC(N)=O)c1ccc(C)cc1. The third-order valence-electron chi connectivity index (χ3n) is 2.96. The lowest BCUT2D eigenvalue weighted by molar-refractivity contribution is -0.123. The van der Waals surface area contributed by atoms with Crippen LogP contribution >= 0.6 is 0 Å². The number of carbonyl (C=O) groups excluding carboxylic acids is 2. The minimum absolute atomic E-state index is 0.0646. The molecule has 104 valence electrons. The van der Waals surface area contributed by atoms with E-state index >= 15 is 0 Å². The Balaban J connectivity index is 2.69. The average Bonchev–Trinajstić information content (AvgIpc) is 2.36. The van der Waals surface area contributed by atoms with Crippen LogP contribution in [0.1, 0.15) is 37.4 Å². The largest absolute Gasteiger partial charge is 0.352 e. The van der Waals surface area contributed by atoms with Crippen LogP contribution in [-0.4, -0.2) is 18.0 Å². The minimum atomic E-state index is -0.703. The molecule has 2 unspecified atom stereocenters. The second-order valence-corrected chi connectivity index (χ2v) is 4.61. The molecule has 3 amide bonds. The minimum Gasteiger partial charge on any atom is -0.352 e.